The number of nitrogens with zero attached hydrogens (tertiary/aromatic N) is 3. The van der Waals surface area contributed by atoms with E-state index in [0.717, 1.165) is 11.1 Å². The van der Waals surface area contributed by atoms with Gasteiger partial charge in [-0.3, -0.25) is 19.0 Å². The number of aryl methyl sites for hydroxylation is 1. The molecule has 0 fully saturated rings. The van der Waals surface area contributed by atoms with Crippen molar-refractivity contribution in [3.8, 4) is 0 Å². The molecule has 0 radical (unpaired) electrons. The number of amides is 1. The first-order valence-electron chi connectivity index (χ1n) is 10.7. The summed E-state index contributed by atoms with van der Waals surface area (Å²) in [7, 11) is 3.80. The van der Waals surface area contributed by atoms with Crippen LogP contribution in [0.2, 0.25) is 0 Å². The highest BCUT2D eigenvalue weighted by Gasteiger charge is 2.34. The number of carbonyl (C=O) groups excluding carboxylic acids is 2. The van der Waals surface area contributed by atoms with Crippen LogP contribution in [0.25, 0.3) is 0 Å². The summed E-state index contributed by atoms with van der Waals surface area (Å²) in [6.45, 7) is 3.03. The van der Waals surface area contributed by atoms with Gasteiger partial charge in [0, 0.05) is 37.5 Å². The average molecular weight is 450 g/mol. The summed E-state index contributed by atoms with van der Waals surface area (Å²) < 4.78 is 14.6. The highest BCUT2D eigenvalue weighted by Crippen LogP contribution is 2.19. The van der Waals surface area contributed by atoms with Crippen LogP contribution in [0.3, 0.4) is 0 Å². The molecule has 1 heterocycles. The Morgan fingerprint density at radius 3 is 2.24 bits per heavy atom. The van der Waals surface area contributed by atoms with Crippen LogP contribution in [0.1, 0.15) is 27.5 Å². The van der Waals surface area contributed by atoms with Crippen molar-refractivity contribution in [3.05, 3.63) is 106 Å². The number of pyridine rings is 1. The summed E-state index contributed by atoms with van der Waals surface area (Å²) in [5.74, 6) is -1.53. The van der Waals surface area contributed by atoms with Crippen LogP contribution in [0, 0.1) is 12.7 Å². The molecule has 0 aliphatic heterocycles. The van der Waals surface area contributed by atoms with Crippen LogP contribution in [-0.2, 0) is 11.3 Å². The highest BCUT2D eigenvalue weighted by atomic mass is 19.1. The van der Waals surface area contributed by atoms with Crippen molar-refractivity contribution in [2.24, 2.45) is 0 Å². The van der Waals surface area contributed by atoms with Gasteiger partial charge < -0.3 is 9.80 Å². The maximum atomic E-state index is 13.9. The molecule has 1 aromatic heterocycles. The molecule has 0 N–H and O–H groups in total. The van der Waals surface area contributed by atoms with Crippen LogP contribution < -0.4 is 5.56 Å². The predicted molar refractivity (Wildman–Crippen MR) is 126 cm³/mol. The smallest absolute Gasteiger partial charge is 0.254 e. The second kappa shape index (κ2) is 10.8. The topological polar surface area (TPSA) is 62.6 Å². The second-order valence-electron chi connectivity index (χ2n) is 8.27. The van der Waals surface area contributed by atoms with Crippen LogP contribution in [0.5, 0.6) is 0 Å². The van der Waals surface area contributed by atoms with Crippen molar-refractivity contribution in [1.29, 1.82) is 0 Å². The summed E-state index contributed by atoms with van der Waals surface area (Å²) >= 11 is 0. The van der Waals surface area contributed by atoms with Gasteiger partial charge in [0.15, 0.2) is 11.8 Å². The number of hydrogen-bond donors (Lipinski definition) is 0. The number of aromatic nitrogens is 1. The molecule has 7 heteroatoms. The summed E-state index contributed by atoms with van der Waals surface area (Å²) in [6.07, 6.45) is 1.51. The molecule has 3 aromatic rings. The van der Waals surface area contributed by atoms with Crippen LogP contribution in [0.4, 0.5) is 4.39 Å². The third-order valence-corrected chi connectivity index (χ3v) is 5.32. The molecule has 6 nitrogen and oxygen atoms in total. The molecule has 0 aliphatic carbocycles. The van der Waals surface area contributed by atoms with Crippen molar-refractivity contribution in [3.63, 3.8) is 0 Å². The van der Waals surface area contributed by atoms with Gasteiger partial charge >= 0.3 is 0 Å². The molecule has 0 saturated heterocycles. The summed E-state index contributed by atoms with van der Waals surface area (Å²) in [6, 6.07) is 16.1. The summed E-state index contributed by atoms with van der Waals surface area (Å²) in [4.78, 5) is 43.6. The molecule has 1 unspecified atom stereocenters. The normalized spacial score (nSPS) is 11.9. The SMILES string of the molecule is Cc1ccc(=O)n(C(C(=O)c2ccc(F)cc2)C(=O)N(CCN(C)C)Cc2ccccc2)c1. The Balaban J connectivity index is 2.06. The molecular weight excluding hydrogens is 421 g/mol. The largest absolute Gasteiger partial charge is 0.335 e. The number of ketones is 1. The molecule has 2 aromatic carbocycles. The van der Waals surface area contributed by atoms with Crippen molar-refractivity contribution in [2.75, 3.05) is 27.2 Å². The molecular formula is C26H28FN3O3. The Kier molecular flexibility index (Phi) is 7.90. The second-order valence-corrected chi connectivity index (χ2v) is 8.27. The molecule has 1 amide bonds. The van der Waals surface area contributed by atoms with Crippen molar-refractivity contribution < 1.29 is 14.0 Å². The number of halogens is 1. The molecule has 0 spiro atoms. The fourth-order valence-electron chi connectivity index (χ4n) is 3.51. The Morgan fingerprint density at radius 1 is 0.939 bits per heavy atom. The van der Waals surface area contributed by atoms with Gasteiger partial charge in [0.2, 0.25) is 0 Å². The molecule has 1 atom stereocenters. The van der Waals surface area contributed by atoms with E-state index in [1.165, 1.54) is 41.1 Å². The lowest BCUT2D eigenvalue weighted by molar-refractivity contribution is -0.134. The third kappa shape index (κ3) is 6.23. The zero-order valence-electron chi connectivity index (χ0n) is 19.1. The number of carbonyl (C=O) groups is 2. The van der Waals surface area contributed by atoms with E-state index in [1.807, 2.05) is 49.3 Å². The minimum absolute atomic E-state index is 0.162. The van der Waals surface area contributed by atoms with Crippen LogP contribution in [0.15, 0.2) is 77.7 Å². The molecule has 0 aliphatic rings. The van der Waals surface area contributed by atoms with Gasteiger partial charge in [0.1, 0.15) is 5.82 Å². The fraction of sp³-hybridized carbons (Fsp3) is 0.269. The Labute approximate surface area is 192 Å². The molecule has 172 valence electrons. The van der Waals surface area contributed by atoms with E-state index in [4.69, 9.17) is 0 Å². The van der Waals surface area contributed by atoms with Gasteiger partial charge in [-0.2, -0.15) is 0 Å². The van der Waals surface area contributed by atoms with Crippen LogP contribution >= 0.6 is 0 Å². The average Bonchev–Trinajstić information content (AvgIpc) is 2.80. The Morgan fingerprint density at radius 2 is 1.61 bits per heavy atom. The first kappa shape index (κ1) is 24.1. The minimum Gasteiger partial charge on any atom is -0.335 e. The van der Waals surface area contributed by atoms with E-state index in [2.05, 4.69) is 0 Å². The van der Waals surface area contributed by atoms with E-state index >= 15 is 0 Å². The highest BCUT2D eigenvalue weighted by molar-refractivity contribution is 6.11. The van der Waals surface area contributed by atoms with E-state index in [-0.39, 0.29) is 5.56 Å². The van der Waals surface area contributed by atoms with Gasteiger partial charge in [-0.05, 0) is 56.4 Å². The van der Waals surface area contributed by atoms with E-state index < -0.39 is 29.1 Å². The molecule has 3 rings (SSSR count). The third-order valence-electron chi connectivity index (χ3n) is 5.32. The van der Waals surface area contributed by atoms with Gasteiger partial charge in [-0.1, -0.05) is 36.4 Å². The zero-order valence-corrected chi connectivity index (χ0v) is 19.1. The van der Waals surface area contributed by atoms with Gasteiger partial charge in [0.25, 0.3) is 11.5 Å². The summed E-state index contributed by atoms with van der Waals surface area (Å²) in [5.41, 5.74) is 1.36. The number of Topliss-reactive ketones (excluding diaryl/α,β-unsaturated/α-hetero) is 1. The Bertz CT molecular complexity index is 1160. The Hall–Kier alpha value is -3.58. The molecule has 33 heavy (non-hydrogen) atoms. The first-order chi connectivity index (χ1) is 15.8. The number of benzene rings is 2. The minimum atomic E-state index is -1.39. The van der Waals surface area contributed by atoms with Gasteiger partial charge in [0.05, 0.1) is 0 Å². The van der Waals surface area contributed by atoms with Crippen molar-refractivity contribution >= 4 is 11.7 Å². The maximum absolute atomic E-state index is 13.9. The lowest BCUT2D eigenvalue weighted by atomic mass is 10.0. The lowest BCUT2D eigenvalue weighted by Gasteiger charge is -2.29. The van der Waals surface area contributed by atoms with E-state index in [0.29, 0.717) is 19.6 Å². The zero-order chi connectivity index (χ0) is 24.0. The lowest BCUT2D eigenvalue weighted by Crippen LogP contribution is -2.45. The summed E-state index contributed by atoms with van der Waals surface area (Å²) in [5, 5.41) is 0. The predicted octanol–water partition coefficient (Wildman–Crippen LogP) is 3.31. The van der Waals surface area contributed by atoms with Gasteiger partial charge in [-0.15, -0.1) is 0 Å². The van der Waals surface area contributed by atoms with Crippen molar-refractivity contribution in [2.45, 2.75) is 19.5 Å². The monoisotopic (exact) mass is 449 g/mol. The number of hydrogen-bond acceptors (Lipinski definition) is 4. The molecule has 0 bridgehead atoms. The van der Waals surface area contributed by atoms with E-state index in [9.17, 15) is 18.8 Å². The van der Waals surface area contributed by atoms with Gasteiger partial charge in [-0.25, -0.2) is 4.39 Å². The molecule has 0 saturated carbocycles. The number of likely N-dealkylation sites (N-methyl/N-ethyl adjacent to an activating group) is 1. The van der Waals surface area contributed by atoms with Crippen molar-refractivity contribution in [1.82, 2.24) is 14.4 Å². The first-order valence-corrected chi connectivity index (χ1v) is 10.7. The number of rotatable bonds is 9. The van der Waals surface area contributed by atoms with Crippen LogP contribution in [-0.4, -0.2) is 53.2 Å². The standard InChI is InChI=1S/C26H28FN3O3/c1-19-9-14-23(31)30(17-19)24(25(32)21-10-12-22(27)13-11-21)26(33)29(16-15-28(2)3)18-20-7-5-4-6-8-20/h4-14,17,24H,15-16,18H2,1-3H3. The quantitative estimate of drug-likeness (QED) is 0.372. The fourth-order valence-corrected chi connectivity index (χ4v) is 3.51. The maximum Gasteiger partial charge on any atom is 0.254 e. The van der Waals surface area contributed by atoms with E-state index in [1.54, 1.807) is 17.9 Å².